The van der Waals surface area contributed by atoms with Gasteiger partial charge in [0.2, 0.25) is 0 Å². The summed E-state index contributed by atoms with van der Waals surface area (Å²) in [6, 6.07) is 54.7. The third-order valence-corrected chi connectivity index (χ3v) is 10.5. The Balaban J connectivity index is 1.22. The number of nitriles is 1. The smallest absolute Gasteiger partial charge is 0.125 e. The Morgan fingerprint density at radius 2 is 1.32 bits per heavy atom. The second-order valence-electron chi connectivity index (χ2n) is 12.7. The molecule has 0 amide bonds. The van der Waals surface area contributed by atoms with Crippen LogP contribution in [0.5, 0.6) is 0 Å². The number of allylic oxidation sites excluding steroid dienone is 2. The maximum absolute atomic E-state index is 10.2. The topological polar surface area (TPSA) is 49.0 Å². The Hall–Kier alpha value is -6.15. The maximum Gasteiger partial charge on any atom is 0.125 e. The monoisotopic (exact) mass is 659 g/mol. The molecule has 0 fully saturated rings. The van der Waals surface area contributed by atoms with E-state index in [2.05, 4.69) is 129 Å². The summed E-state index contributed by atoms with van der Waals surface area (Å²) in [6.07, 6.45) is 0.670. The summed E-state index contributed by atoms with van der Waals surface area (Å²) < 4.78 is 1.15. The zero-order valence-corrected chi connectivity index (χ0v) is 28.5. The minimum absolute atomic E-state index is 0.0338. The average molecular weight is 660 g/mol. The van der Waals surface area contributed by atoms with Gasteiger partial charge in [-0.05, 0) is 76.2 Å². The van der Waals surface area contributed by atoms with Gasteiger partial charge in [0.05, 0.1) is 33.3 Å². The quantitative estimate of drug-likeness (QED) is 0.167. The molecular weight excluding hydrogens is 627 g/mol. The Morgan fingerprint density at radius 3 is 2.08 bits per heavy atom. The zero-order chi connectivity index (χ0) is 34.0. The Bertz CT molecular complexity index is 2460. The molecule has 1 atom stereocenters. The van der Waals surface area contributed by atoms with Crippen LogP contribution >= 0.6 is 11.3 Å². The molecule has 1 aromatic heterocycles. The number of fused-ring (bicyclic) bond motifs is 1. The van der Waals surface area contributed by atoms with Crippen molar-refractivity contribution in [3.63, 3.8) is 0 Å². The summed E-state index contributed by atoms with van der Waals surface area (Å²) in [4.78, 5) is 10.3. The van der Waals surface area contributed by atoms with Crippen molar-refractivity contribution >= 4 is 33.0 Å². The first-order chi connectivity index (χ1) is 24.6. The SMILES string of the molecule is C=C1CC(c2ccccc2)=NC(c2ccccc2)=C(C)[C@@H]1c1cccc(-c2cc(C#N)cc(-c3ccccc3-c3nc4ccccc4s3)c2)c1. The number of hydrogen-bond donors (Lipinski definition) is 0. The highest BCUT2D eigenvalue weighted by Crippen LogP contribution is 2.43. The number of aliphatic imine (C=N–C) groups is 1. The van der Waals surface area contributed by atoms with Gasteiger partial charge in [-0.2, -0.15) is 5.26 Å². The molecule has 8 rings (SSSR count). The summed E-state index contributed by atoms with van der Waals surface area (Å²) >= 11 is 1.69. The molecule has 0 radical (unpaired) electrons. The van der Waals surface area contributed by atoms with E-state index in [9.17, 15) is 5.26 Å². The summed E-state index contributed by atoms with van der Waals surface area (Å²) in [7, 11) is 0. The van der Waals surface area contributed by atoms with Gasteiger partial charge in [-0.25, -0.2) is 4.98 Å². The number of aromatic nitrogens is 1. The van der Waals surface area contributed by atoms with Gasteiger partial charge in [0.15, 0.2) is 0 Å². The molecule has 7 aromatic rings. The van der Waals surface area contributed by atoms with Gasteiger partial charge in [-0.1, -0.05) is 133 Å². The second kappa shape index (κ2) is 13.4. The summed E-state index contributed by atoms with van der Waals surface area (Å²) in [6.45, 7) is 6.85. The van der Waals surface area contributed by atoms with E-state index in [4.69, 9.17) is 9.98 Å². The maximum atomic E-state index is 10.2. The van der Waals surface area contributed by atoms with E-state index < -0.39 is 0 Å². The predicted octanol–water partition coefficient (Wildman–Crippen LogP) is 12.1. The van der Waals surface area contributed by atoms with Gasteiger partial charge in [0, 0.05) is 23.5 Å². The minimum Gasteiger partial charge on any atom is -0.252 e. The van der Waals surface area contributed by atoms with Crippen molar-refractivity contribution in [2.75, 3.05) is 0 Å². The first kappa shape index (κ1) is 31.1. The molecule has 0 saturated carbocycles. The molecule has 1 aliphatic heterocycles. The molecule has 0 N–H and O–H groups in total. The van der Waals surface area contributed by atoms with Crippen molar-refractivity contribution < 1.29 is 0 Å². The molecule has 50 heavy (non-hydrogen) atoms. The fourth-order valence-corrected chi connectivity index (χ4v) is 8.02. The lowest BCUT2D eigenvalue weighted by Crippen LogP contribution is -2.07. The zero-order valence-electron chi connectivity index (χ0n) is 27.7. The number of nitrogens with zero attached hydrogens (tertiary/aromatic N) is 3. The molecule has 238 valence electrons. The molecule has 0 unspecified atom stereocenters. The molecule has 4 heteroatoms. The molecule has 0 spiro atoms. The highest BCUT2D eigenvalue weighted by atomic mass is 32.1. The van der Waals surface area contributed by atoms with Gasteiger partial charge in [-0.15, -0.1) is 11.3 Å². The lowest BCUT2D eigenvalue weighted by atomic mass is 9.81. The van der Waals surface area contributed by atoms with Crippen molar-refractivity contribution in [3.05, 3.63) is 192 Å². The van der Waals surface area contributed by atoms with E-state index in [1.54, 1.807) is 11.3 Å². The highest BCUT2D eigenvalue weighted by molar-refractivity contribution is 7.21. The predicted molar refractivity (Wildman–Crippen MR) is 209 cm³/mol. The van der Waals surface area contributed by atoms with Crippen LogP contribution in [0.25, 0.3) is 48.7 Å². The van der Waals surface area contributed by atoms with Crippen LogP contribution in [0.3, 0.4) is 0 Å². The molecule has 2 heterocycles. The first-order valence-corrected chi connectivity index (χ1v) is 17.5. The Labute approximate surface area is 296 Å². The van der Waals surface area contributed by atoms with E-state index >= 15 is 0 Å². The van der Waals surface area contributed by atoms with E-state index in [0.29, 0.717) is 12.0 Å². The fourth-order valence-electron chi connectivity index (χ4n) is 7.01. The average Bonchev–Trinajstić information content (AvgIpc) is 3.56. The van der Waals surface area contributed by atoms with Crippen LogP contribution in [0, 0.1) is 11.3 Å². The standard InChI is InChI=1S/C46H33N3S/c1-30-24-42(33-14-5-3-6-15-33)48-45(34-16-7-4-8-17-34)31(2)44(30)36-19-13-18-35(27-36)37-25-32(29-47)26-38(28-37)39-20-9-10-21-40(39)46-49-41-22-11-12-23-43(41)50-46/h3-23,25-28,44H,1,24H2,2H3/t44-/m1/s1. The molecule has 1 aliphatic rings. The Kier molecular flexibility index (Phi) is 8.34. The van der Waals surface area contributed by atoms with Crippen LogP contribution in [0.2, 0.25) is 0 Å². The van der Waals surface area contributed by atoms with Crippen molar-refractivity contribution in [2.45, 2.75) is 19.3 Å². The number of thiazole rings is 1. The third-order valence-electron chi connectivity index (χ3n) is 9.39. The van der Waals surface area contributed by atoms with Crippen LogP contribution in [0.15, 0.2) is 174 Å². The van der Waals surface area contributed by atoms with Crippen LogP contribution in [0.1, 0.15) is 41.5 Å². The lowest BCUT2D eigenvalue weighted by molar-refractivity contribution is 0.911. The van der Waals surface area contributed by atoms with E-state index in [-0.39, 0.29) is 5.92 Å². The molecule has 3 nitrogen and oxygen atoms in total. The number of benzene rings is 6. The Morgan fingerprint density at radius 1 is 0.660 bits per heavy atom. The van der Waals surface area contributed by atoms with Gasteiger partial charge < -0.3 is 0 Å². The number of rotatable bonds is 6. The number of para-hydroxylation sites is 1. The van der Waals surface area contributed by atoms with Gasteiger partial charge in [0.1, 0.15) is 5.01 Å². The summed E-state index contributed by atoms with van der Waals surface area (Å²) in [5.41, 5.74) is 14.4. The second-order valence-corrected chi connectivity index (χ2v) is 13.7. The van der Waals surface area contributed by atoms with Crippen LogP contribution in [-0.2, 0) is 0 Å². The summed E-state index contributed by atoms with van der Waals surface area (Å²) in [5.74, 6) is -0.0338. The molecule has 0 aliphatic carbocycles. The highest BCUT2D eigenvalue weighted by Gasteiger charge is 2.26. The lowest BCUT2D eigenvalue weighted by Gasteiger charge is -2.22. The minimum atomic E-state index is -0.0338. The van der Waals surface area contributed by atoms with Crippen molar-refractivity contribution in [2.24, 2.45) is 4.99 Å². The number of hydrogen-bond acceptors (Lipinski definition) is 4. The van der Waals surface area contributed by atoms with Crippen molar-refractivity contribution in [3.8, 4) is 38.9 Å². The first-order valence-electron chi connectivity index (χ1n) is 16.7. The van der Waals surface area contributed by atoms with Crippen molar-refractivity contribution in [1.82, 2.24) is 4.98 Å². The van der Waals surface area contributed by atoms with Crippen LogP contribution in [-0.4, -0.2) is 10.7 Å². The third kappa shape index (κ3) is 6.00. The molecule has 0 saturated heterocycles. The van der Waals surface area contributed by atoms with Crippen LogP contribution < -0.4 is 0 Å². The van der Waals surface area contributed by atoms with Gasteiger partial charge >= 0.3 is 0 Å². The van der Waals surface area contributed by atoms with E-state index in [1.807, 2.05) is 42.5 Å². The largest absolute Gasteiger partial charge is 0.252 e. The molecule has 6 aromatic carbocycles. The van der Waals surface area contributed by atoms with E-state index in [0.717, 1.165) is 76.7 Å². The molecule has 0 bridgehead atoms. The van der Waals surface area contributed by atoms with E-state index in [1.165, 1.54) is 5.57 Å². The summed E-state index contributed by atoms with van der Waals surface area (Å²) in [5, 5.41) is 11.2. The normalized spacial score (nSPS) is 14.7. The van der Waals surface area contributed by atoms with Crippen LogP contribution in [0.4, 0.5) is 0 Å². The van der Waals surface area contributed by atoms with Gasteiger partial charge in [-0.3, -0.25) is 4.99 Å². The van der Waals surface area contributed by atoms with Crippen molar-refractivity contribution in [1.29, 1.82) is 5.26 Å². The fraction of sp³-hybridized carbons (Fsp3) is 0.0652. The van der Waals surface area contributed by atoms with Gasteiger partial charge in [0.25, 0.3) is 0 Å². The molecular formula is C46H33N3S.